The highest BCUT2D eigenvalue weighted by molar-refractivity contribution is 6.23. The van der Waals surface area contributed by atoms with E-state index in [9.17, 15) is 14.4 Å². The molecule has 1 aliphatic heterocycles. The van der Waals surface area contributed by atoms with E-state index in [4.69, 9.17) is 10.5 Å². The van der Waals surface area contributed by atoms with Crippen molar-refractivity contribution in [1.82, 2.24) is 9.88 Å². The minimum absolute atomic E-state index is 0.00897. The van der Waals surface area contributed by atoms with Crippen LogP contribution in [-0.2, 0) is 0 Å². The topological polar surface area (TPSA) is 103 Å². The Morgan fingerprint density at radius 3 is 2.45 bits per heavy atom. The molecule has 0 aliphatic carbocycles. The molecule has 2 heterocycles. The van der Waals surface area contributed by atoms with E-state index in [1.54, 1.807) is 24.3 Å². The minimum Gasteiger partial charge on any atom is -0.494 e. The van der Waals surface area contributed by atoms with Crippen LogP contribution in [0.1, 0.15) is 27.6 Å². The number of nitrogen functional groups attached to an aromatic ring is 1. The van der Waals surface area contributed by atoms with Gasteiger partial charge in [0.2, 0.25) is 0 Å². The molecule has 7 nitrogen and oxygen atoms in total. The number of hydrogen-bond acceptors (Lipinski definition) is 5. The summed E-state index contributed by atoms with van der Waals surface area (Å²) in [5.41, 5.74) is 5.98. The molecule has 0 bridgehead atoms. The number of amides is 2. The van der Waals surface area contributed by atoms with Crippen LogP contribution < -0.4 is 21.3 Å². The Hall–Kier alpha value is -3.09. The Labute approximate surface area is 125 Å². The summed E-state index contributed by atoms with van der Waals surface area (Å²) in [6.45, 7) is 2.40. The van der Waals surface area contributed by atoms with Gasteiger partial charge in [0.25, 0.3) is 17.4 Å². The van der Waals surface area contributed by atoms with E-state index >= 15 is 0 Å². The third kappa shape index (κ3) is 2.03. The van der Waals surface area contributed by atoms with E-state index in [-0.39, 0.29) is 16.9 Å². The largest absolute Gasteiger partial charge is 0.494 e. The lowest BCUT2D eigenvalue weighted by molar-refractivity contribution is 0.0880. The highest BCUT2D eigenvalue weighted by Gasteiger charge is 2.31. The maximum absolute atomic E-state index is 12.2. The van der Waals surface area contributed by atoms with Gasteiger partial charge in [0.15, 0.2) is 0 Å². The number of benzene rings is 1. The number of carbonyl (C=O) groups is 2. The van der Waals surface area contributed by atoms with Gasteiger partial charge in [-0.25, -0.2) is 0 Å². The van der Waals surface area contributed by atoms with Crippen LogP contribution in [0.15, 0.2) is 35.1 Å². The molecular formula is C15H13N3O4. The summed E-state index contributed by atoms with van der Waals surface area (Å²) in [7, 11) is 0. The summed E-state index contributed by atoms with van der Waals surface area (Å²) in [6, 6.07) is 7.82. The first-order chi connectivity index (χ1) is 10.5. The van der Waals surface area contributed by atoms with Crippen molar-refractivity contribution < 1.29 is 14.3 Å². The Morgan fingerprint density at radius 2 is 1.82 bits per heavy atom. The maximum Gasteiger partial charge on any atom is 0.262 e. The summed E-state index contributed by atoms with van der Waals surface area (Å²) in [5, 5.41) is 2.12. The molecule has 3 N–H and O–H groups in total. The van der Waals surface area contributed by atoms with Gasteiger partial charge in [-0.05, 0) is 31.2 Å². The number of carbonyl (C=O) groups excluding carboxylic acids is 2. The molecule has 2 amide bonds. The predicted molar refractivity (Wildman–Crippen MR) is 79.4 cm³/mol. The molecule has 0 fully saturated rings. The molecule has 1 aromatic heterocycles. The average Bonchev–Trinajstić information content (AvgIpc) is 2.76. The number of aromatic nitrogens is 1. The van der Waals surface area contributed by atoms with E-state index in [1.165, 1.54) is 4.57 Å². The van der Waals surface area contributed by atoms with Crippen molar-refractivity contribution in [2.75, 3.05) is 12.3 Å². The summed E-state index contributed by atoms with van der Waals surface area (Å²) >= 11 is 0. The highest BCUT2D eigenvalue weighted by atomic mass is 16.5. The van der Waals surface area contributed by atoms with E-state index in [0.717, 1.165) is 6.07 Å². The molecule has 22 heavy (non-hydrogen) atoms. The van der Waals surface area contributed by atoms with Gasteiger partial charge in [0.1, 0.15) is 11.6 Å². The fraction of sp³-hybridized carbons (Fsp3) is 0.133. The molecule has 0 atom stereocenters. The Morgan fingerprint density at radius 1 is 1.14 bits per heavy atom. The Kier molecular flexibility index (Phi) is 3.17. The van der Waals surface area contributed by atoms with Crippen LogP contribution >= 0.6 is 0 Å². The average molecular weight is 299 g/mol. The minimum atomic E-state index is -0.609. The van der Waals surface area contributed by atoms with Crippen LogP contribution in [0, 0.1) is 0 Å². The predicted octanol–water partition coefficient (Wildman–Crippen LogP) is 0.702. The molecule has 0 spiro atoms. The van der Waals surface area contributed by atoms with Crippen LogP contribution in [0.4, 0.5) is 5.82 Å². The lowest BCUT2D eigenvalue weighted by atomic mass is 10.1. The number of rotatable bonds is 3. The van der Waals surface area contributed by atoms with Gasteiger partial charge in [-0.1, -0.05) is 0 Å². The zero-order chi connectivity index (χ0) is 15.9. The van der Waals surface area contributed by atoms with Gasteiger partial charge < -0.3 is 10.5 Å². The van der Waals surface area contributed by atoms with E-state index in [1.807, 2.05) is 6.92 Å². The molecule has 0 saturated heterocycles. The summed E-state index contributed by atoms with van der Waals surface area (Å²) < 4.78 is 6.52. The first-order valence-electron chi connectivity index (χ1n) is 6.67. The second-order valence-corrected chi connectivity index (χ2v) is 4.70. The van der Waals surface area contributed by atoms with Crippen LogP contribution in [-0.4, -0.2) is 23.0 Å². The van der Waals surface area contributed by atoms with Crippen molar-refractivity contribution in [2.24, 2.45) is 0 Å². The highest BCUT2D eigenvalue weighted by Crippen LogP contribution is 2.23. The first-order valence-corrected chi connectivity index (χ1v) is 6.67. The maximum atomic E-state index is 12.2. The van der Waals surface area contributed by atoms with Gasteiger partial charge in [0, 0.05) is 6.07 Å². The molecule has 1 aliphatic rings. The number of hydrogen-bond donors (Lipinski definition) is 2. The second-order valence-electron chi connectivity index (χ2n) is 4.70. The Balaban J connectivity index is 2.16. The van der Waals surface area contributed by atoms with Gasteiger partial charge in [-0.3, -0.25) is 24.3 Å². The SMILES string of the molecule is CCOc1ccc(-n2c(N)c3c(cc2=O)C(=O)NC3=O)cc1. The number of ether oxygens (including phenoxy) is 1. The smallest absolute Gasteiger partial charge is 0.262 e. The van der Waals surface area contributed by atoms with Crippen LogP contribution in [0.5, 0.6) is 5.75 Å². The molecule has 3 rings (SSSR count). The van der Waals surface area contributed by atoms with Crippen molar-refractivity contribution >= 4 is 17.6 Å². The quantitative estimate of drug-likeness (QED) is 0.812. The van der Waals surface area contributed by atoms with Crippen molar-refractivity contribution in [1.29, 1.82) is 0 Å². The third-order valence-electron chi connectivity index (χ3n) is 3.36. The number of anilines is 1. The molecule has 0 saturated carbocycles. The van der Waals surface area contributed by atoms with Crippen LogP contribution in [0.25, 0.3) is 5.69 Å². The van der Waals surface area contributed by atoms with Gasteiger partial charge in [-0.2, -0.15) is 0 Å². The van der Waals surface area contributed by atoms with Gasteiger partial charge >= 0.3 is 0 Å². The molecule has 112 valence electrons. The third-order valence-corrected chi connectivity index (χ3v) is 3.36. The lowest BCUT2D eigenvalue weighted by Crippen LogP contribution is -2.24. The molecule has 0 unspecified atom stereocenters. The van der Waals surface area contributed by atoms with Gasteiger partial charge in [-0.15, -0.1) is 0 Å². The normalized spacial score (nSPS) is 13.0. The van der Waals surface area contributed by atoms with Gasteiger partial charge in [0.05, 0.1) is 23.4 Å². The monoisotopic (exact) mass is 299 g/mol. The first kappa shape index (κ1) is 13.9. The van der Waals surface area contributed by atoms with Crippen molar-refractivity contribution in [3.63, 3.8) is 0 Å². The Bertz CT molecular complexity index is 837. The van der Waals surface area contributed by atoms with E-state index in [2.05, 4.69) is 5.32 Å². The number of fused-ring (bicyclic) bond motifs is 1. The van der Waals surface area contributed by atoms with E-state index in [0.29, 0.717) is 18.0 Å². The van der Waals surface area contributed by atoms with Crippen molar-refractivity contribution in [3.8, 4) is 11.4 Å². The molecule has 7 heteroatoms. The second kappa shape index (κ2) is 5.03. The number of pyridine rings is 1. The molecule has 2 aromatic rings. The van der Waals surface area contributed by atoms with Crippen LogP contribution in [0.2, 0.25) is 0 Å². The van der Waals surface area contributed by atoms with Crippen molar-refractivity contribution in [2.45, 2.75) is 6.92 Å². The lowest BCUT2D eigenvalue weighted by Gasteiger charge is -2.12. The number of nitrogens with one attached hydrogen (secondary N) is 1. The van der Waals surface area contributed by atoms with Crippen molar-refractivity contribution in [3.05, 3.63) is 51.8 Å². The number of imide groups is 1. The zero-order valence-electron chi connectivity index (χ0n) is 11.8. The number of nitrogens with two attached hydrogens (primary N) is 1. The summed E-state index contributed by atoms with van der Waals surface area (Å²) in [5.74, 6) is -0.609. The number of nitrogens with zero attached hydrogens (tertiary/aromatic N) is 1. The van der Waals surface area contributed by atoms with E-state index < -0.39 is 17.4 Å². The summed E-state index contributed by atoms with van der Waals surface area (Å²) in [6.07, 6.45) is 0. The standard InChI is InChI=1S/C15H13N3O4/c1-2-22-9-5-3-8(4-6-9)18-11(19)7-10-12(13(18)16)15(21)17-14(10)20/h3-7H,2,16H2,1H3,(H,17,20,21). The molecule has 0 radical (unpaired) electrons. The zero-order valence-corrected chi connectivity index (χ0v) is 11.8. The molecular weight excluding hydrogens is 286 g/mol. The van der Waals surface area contributed by atoms with Crippen LogP contribution in [0.3, 0.4) is 0 Å². The molecule has 1 aromatic carbocycles. The fourth-order valence-electron chi connectivity index (χ4n) is 2.40. The fourth-order valence-corrected chi connectivity index (χ4v) is 2.40. The summed E-state index contributed by atoms with van der Waals surface area (Å²) in [4.78, 5) is 35.6.